The molecule has 0 amide bonds. The lowest BCUT2D eigenvalue weighted by atomic mass is 9.98. The van der Waals surface area contributed by atoms with Crippen LogP contribution >= 0.6 is 0 Å². The van der Waals surface area contributed by atoms with Crippen molar-refractivity contribution in [2.75, 3.05) is 59.1 Å². The van der Waals surface area contributed by atoms with Crippen LogP contribution in [0.3, 0.4) is 0 Å². The fourth-order valence-electron chi connectivity index (χ4n) is 4.21. The van der Waals surface area contributed by atoms with Crippen LogP contribution in [0.1, 0.15) is 52.9 Å². The van der Waals surface area contributed by atoms with Gasteiger partial charge in [-0.15, -0.1) is 0 Å². The van der Waals surface area contributed by atoms with E-state index in [-0.39, 0.29) is 0 Å². The highest BCUT2D eigenvalue weighted by Crippen LogP contribution is 2.30. The number of aliphatic hydroxyl groups is 1. The standard InChI is InChI=1S/C21H42N4O3/c1-4-22-20(23-11-10-19(28-5-2)18-8-6-7-9-18)24-16-21(3,26)17-25-12-14-27-15-13-25/h18-19,26H,4-17H2,1-3H3,(H2,22,23,24). The minimum absolute atomic E-state index is 0.340. The highest BCUT2D eigenvalue weighted by Gasteiger charge is 2.26. The van der Waals surface area contributed by atoms with Crippen LogP contribution < -0.4 is 10.6 Å². The summed E-state index contributed by atoms with van der Waals surface area (Å²) in [6, 6.07) is 0. The van der Waals surface area contributed by atoms with Gasteiger partial charge in [0.2, 0.25) is 0 Å². The maximum Gasteiger partial charge on any atom is 0.191 e. The summed E-state index contributed by atoms with van der Waals surface area (Å²) in [5.41, 5.74) is -0.850. The molecule has 0 bridgehead atoms. The number of β-amino-alcohol motifs (C(OH)–C–C–N with tert-alkyl or cyclic N) is 1. The molecule has 0 aromatic heterocycles. The molecule has 2 rings (SSSR count). The average Bonchev–Trinajstić information content (AvgIpc) is 3.20. The fourth-order valence-corrected chi connectivity index (χ4v) is 4.21. The van der Waals surface area contributed by atoms with Crippen LogP contribution in [0, 0.1) is 5.92 Å². The van der Waals surface area contributed by atoms with Gasteiger partial charge < -0.3 is 25.2 Å². The monoisotopic (exact) mass is 398 g/mol. The zero-order chi connectivity index (χ0) is 20.2. The molecule has 0 aromatic carbocycles. The van der Waals surface area contributed by atoms with Gasteiger partial charge in [0, 0.05) is 39.3 Å². The number of nitrogens with zero attached hydrogens (tertiary/aromatic N) is 2. The predicted molar refractivity (Wildman–Crippen MR) is 114 cm³/mol. The molecule has 3 N–H and O–H groups in total. The Hall–Kier alpha value is -0.890. The Morgan fingerprint density at radius 2 is 1.96 bits per heavy atom. The molecule has 0 aromatic rings. The van der Waals surface area contributed by atoms with Gasteiger partial charge in [-0.1, -0.05) is 12.8 Å². The van der Waals surface area contributed by atoms with E-state index in [9.17, 15) is 5.11 Å². The van der Waals surface area contributed by atoms with Gasteiger partial charge >= 0.3 is 0 Å². The molecule has 7 heteroatoms. The van der Waals surface area contributed by atoms with Gasteiger partial charge in [-0.3, -0.25) is 9.89 Å². The van der Waals surface area contributed by atoms with E-state index in [4.69, 9.17) is 9.47 Å². The van der Waals surface area contributed by atoms with E-state index in [2.05, 4.69) is 34.4 Å². The van der Waals surface area contributed by atoms with Crippen molar-refractivity contribution in [2.45, 2.75) is 64.6 Å². The summed E-state index contributed by atoms with van der Waals surface area (Å²) >= 11 is 0. The van der Waals surface area contributed by atoms with Crippen molar-refractivity contribution in [1.29, 1.82) is 0 Å². The second kappa shape index (κ2) is 12.6. The summed E-state index contributed by atoms with van der Waals surface area (Å²) in [4.78, 5) is 6.88. The first kappa shape index (κ1) is 23.4. The average molecular weight is 399 g/mol. The van der Waals surface area contributed by atoms with Crippen LogP contribution in [0.2, 0.25) is 0 Å². The SMILES string of the molecule is CCNC(=NCC(C)(O)CN1CCOCC1)NCCC(OCC)C1CCCC1. The number of aliphatic imine (C=N–C) groups is 1. The van der Waals surface area contributed by atoms with E-state index in [1.807, 2.05) is 6.92 Å². The van der Waals surface area contributed by atoms with Crippen molar-refractivity contribution in [1.82, 2.24) is 15.5 Å². The van der Waals surface area contributed by atoms with Crippen molar-refractivity contribution >= 4 is 5.96 Å². The molecule has 0 radical (unpaired) electrons. The van der Waals surface area contributed by atoms with Crippen LogP contribution in [0.4, 0.5) is 0 Å². The minimum atomic E-state index is -0.850. The number of hydrogen-bond donors (Lipinski definition) is 3. The van der Waals surface area contributed by atoms with Crippen LogP contribution in [-0.2, 0) is 9.47 Å². The maximum atomic E-state index is 10.7. The van der Waals surface area contributed by atoms with E-state index in [1.165, 1.54) is 25.7 Å². The Labute approximate surface area is 171 Å². The quantitative estimate of drug-likeness (QED) is 0.363. The van der Waals surface area contributed by atoms with Crippen LogP contribution in [0.25, 0.3) is 0 Å². The summed E-state index contributed by atoms with van der Waals surface area (Å²) in [7, 11) is 0. The summed E-state index contributed by atoms with van der Waals surface area (Å²) in [6.45, 7) is 12.6. The fraction of sp³-hybridized carbons (Fsp3) is 0.952. The zero-order valence-electron chi connectivity index (χ0n) is 18.2. The summed E-state index contributed by atoms with van der Waals surface area (Å²) < 4.78 is 11.4. The van der Waals surface area contributed by atoms with Gasteiger partial charge in [-0.25, -0.2) is 0 Å². The number of hydrogen-bond acceptors (Lipinski definition) is 5. The molecule has 1 aliphatic heterocycles. The molecule has 28 heavy (non-hydrogen) atoms. The molecule has 1 heterocycles. The largest absolute Gasteiger partial charge is 0.387 e. The highest BCUT2D eigenvalue weighted by atomic mass is 16.5. The number of guanidine groups is 1. The number of morpholine rings is 1. The smallest absolute Gasteiger partial charge is 0.191 e. The van der Waals surface area contributed by atoms with Crippen molar-refractivity contribution in [2.24, 2.45) is 10.9 Å². The predicted octanol–water partition coefficient (Wildman–Crippen LogP) is 1.61. The lowest BCUT2D eigenvalue weighted by Gasteiger charge is -2.33. The Balaban J connectivity index is 1.79. The van der Waals surface area contributed by atoms with Gasteiger partial charge in [-0.05, 0) is 46.0 Å². The molecule has 2 atom stereocenters. The molecule has 1 saturated heterocycles. The number of nitrogens with one attached hydrogen (secondary N) is 2. The van der Waals surface area contributed by atoms with E-state index < -0.39 is 5.60 Å². The molecular weight excluding hydrogens is 356 g/mol. The summed E-state index contributed by atoms with van der Waals surface area (Å²) in [5, 5.41) is 17.5. The summed E-state index contributed by atoms with van der Waals surface area (Å²) in [5.74, 6) is 1.47. The Bertz CT molecular complexity index is 447. The molecule has 7 nitrogen and oxygen atoms in total. The second-order valence-electron chi connectivity index (χ2n) is 8.33. The van der Waals surface area contributed by atoms with Crippen LogP contribution in [-0.4, -0.2) is 86.8 Å². The van der Waals surface area contributed by atoms with Crippen LogP contribution in [0.5, 0.6) is 0 Å². The van der Waals surface area contributed by atoms with Crippen molar-refractivity contribution in [3.8, 4) is 0 Å². The van der Waals surface area contributed by atoms with Crippen molar-refractivity contribution in [3.05, 3.63) is 0 Å². The molecular formula is C21H42N4O3. The van der Waals surface area contributed by atoms with Crippen molar-refractivity contribution < 1.29 is 14.6 Å². The topological polar surface area (TPSA) is 78.4 Å². The van der Waals surface area contributed by atoms with Gasteiger partial charge in [0.15, 0.2) is 5.96 Å². The van der Waals surface area contributed by atoms with Gasteiger partial charge in [0.05, 0.1) is 31.5 Å². The molecule has 0 spiro atoms. The van der Waals surface area contributed by atoms with E-state index >= 15 is 0 Å². The molecule has 164 valence electrons. The second-order valence-corrected chi connectivity index (χ2v) is 8.33. The zero-order valence-corrected chi connectivity index (χ0v) is 18.2. The molecule has 2 fully saturated rings. The molecule has 1 saturated carbocycles. The van der Waals surface area contributed by atoms with Gasteiger partial charge in [0.1, 0.15) is 0 Å². The number of rotatable bonds is 11. The summed E-state index contributed by atoms with van der Waals surface area (Å²) in [6.07, 6.45) is 6.60. The first-order valence-electron chi connectivity index (χ1n) is 11.2. The van der Waals surface area contributed by atoms with Gasteiger partial charge in [0.25, 0.3) is 0 Å². The molecule has 2 unspecified atom stereocenters. The normalized spacial score (nSPS) is 22.8. The maximum absolute atomic E-state index is 10.7. The third-order valence-corrected chi connectivity index (χ3v) is 5.62. The lowest BCUT2D eigenvalue weighted by molar-refractivity contribution is -0.0180. The van der Waals surface area contributed by atoms with Crippen LogP contribution in [0.15, 0.2) is 4.99 Å². The first-order valence-corrected chi connectivity index (χ1v) is 11.2. The Kier molecular flexibility index (Phi) is 10.5. The first-order chi connectivity index (χ1) is 13.5. The van der Waals surface area contributed by atoms with E-state index in [1.54, 1.807) is 0 Å². The Morgan fingerprint density at radius 3 is 2.61 bits per heavy atom. The third-order valence-electron chi connectivity index (χ3n) is 5.62. The van der Waals surface area contributed by atoms with E-state index in [0.717, 1.165) is 58.4 Å². The number of ether oxygens (including phenoxy) is 2. The lowest BCUT2D eigenvalue weighted by Crippen LogP contribution is -2.48. The third kappa shape index (κ3) is 8.64. The van der Waals surface area contributed by atoms with Gasteiger partial charge in [-0.2, -0.15) is 0 Å². The van der Waals surface area contributed by atoms with Crippen molar-refractivity contribution in [3.63, 3.8) is 0 Å². The minimum Gasteiger partial charge on any atom is -0.387 e. The molecule has 1 aliphatic carbocycles. The highest BCUT2D eigenvalue weighted by molar-refractivity contribution is 5.79. The van der Waals surface area contributed by atoms with E-state index in [0.29, 0.717) is 25.1 Å². The Morgan fingerprint density at radius 1 is 1.25 bits per heavy atom. The molecule has 2 aliphatic rings.